The number of rotatable bonds is 8. The zero-order valence-corrected chi connectivity index (χ0v) is 20.9. The van der Waals surface area contributed by atoms with Crippen molar-refractivity contribution in [3.63, 3.8) is 0 Å². The lowest BCUT2D eigenvalue weighted by molar-refractivity contribution is -0.112. The Morgan fingerprint density at radius 3 is 2.35 bits per heavy atom. The number of carbonyl (C=O) groups excluding carboxylic acids is 2. The molecule has 0 saturated heterocycles. The van der Waals surface area contributed by atoms with Crippen molar-refractivity contribution in [2.75, 3.05) is 17.3 Å². The van der Waals surface area contributed by atoms with Crippen LogP contribution in [-0.4, -0.2) is 33.0 Å². The lowest BCUT2D eigenvalue weighted by Gasteiger charge is -2.15. The van der Waals surface area contributed by atoms with E-state index >= 15 is 0 Å². The smallest absolute Gasteiger partial charge is 0.271 e. The van der Waals surface area contributed by atoms with E-state index in [0.717, 1.165) is 6.29 Å². The first-order valence-corrected chi connectivity index (χ1v) is 11.7. The second kappa shape index (κ2) is 9.76. The lowest BCUT2D eigenvalue weighted by Crippen LogP contribution is -2.30. The third kappa shape index (κ3) is 4.76. The first-order valence-electron chi connectivity index (χ1n) is 9.85. The Bertz CT molecular complexity index is 1220. The van der Waals surface area contributed by atoms with E-state index in [1.54, 1.807) is 42.5 Å². The van der Waals surface area contributed by atoms with Crippen molar-refractivity contribution < 1.29 is 9.59 Å². The molecule has 0 radical (unpaired) electrons. The van der Waals surface area contributed by atoms with Gasteiger partial charge in [0.15, 0.2) is 0 Å². The molecule has 3 aromatic rings. The van der Waals surface area contributed by atoms with E-state index < -0.39 is 21.6 Å². The molecule has 2 unspecified atom stereocenters. The van der Waals surface area contributed by atoms with Gasteiger partial charge < -0.3 is 10.1 Å². The molecule has 1 aliphatic carbocycles. The number of benzene rings is 2. The van der Waals surface area contributed by atoms with Gasteiger partial charge in [0.2, 0.25) is 5.95 Å². The summed E-state index contributed by atoms with van der Waals surface area (Å²) in [6.07, 6.45) is 3.78. The van der Waals surface area contributed by atoms with Gasteiger partial charge in [-0.2, -0.15) is 0 Å². The molecular weight excluding hydrogens is 544 g/mol. The predicted molar refractivity (Wildman–Crippen MR) is 135 cm³/mol. The van der Waals surface area contributed by atoms with Gasteiger partial charge in [0.25, 0.3) is 5.91 Å². The van der Waals surface area contributed by atoms with Gasteiger partial charge in [0.1, 0.15) is 10.6 Å². The Hall–Kier alpha value is -2.29. The topological polar surface area (TPSA) is 96.0 Å². The van der Waals surface area contributed by atoms with Crippen LogP contribution in [0.3, 0.4) is 0 Å². The summed E-state index contributed by atoms with van der Waals surface area (Å²) < 4.78 is -1.37. The second-order valence-corrected chi connectivity index (χ2v) is 10.3. The van der Waals surface area contributed by atoms with Gasteiger partial charge in [-0.15, -0.1) is 0 Å². The summed E-state index contributed by atoms with van der Waals surface area (Å²) in [5, 5.41) is 4.18. The summed E-state index contributed by atoms with van der Waals surface area (Å²) >= 11 is 31.5. The standard InChI is InChI=1S/C22H16Cl5N5O2/c23-13-6-12(7-14(24)8-13)18-21(11-33,22(18,26)27)10-30-15-2-3-17(25)16(9-15)19(34)31-32-20-28-4-1-5-29-20/h1-9,11,18,30H,10H2,(H,31,34)(H,28,29,32). The number of nitrogens with zero attached hydrogens (tertiary/aromatic N) is 2. The minimum atomic E-state index is -1.37. The van der Waals surface area contributed by atoms with Gasteiger partial charge in [-0.3, -0.25) is 15.6 Å². The van der Waals surface area contributed by atoms with E-state index in [1.807, 2.05) is 0 Å². The van der Waals surface area contributed by atoms with E-state index in [2.05, 4.69) is 26.1 Å². The van der Waals surface area contributed by atoms with Crippen LogP contribution in [0.1, 0.15) is 21.8 Å². The normalized spacial score (nSPS) is 20.3. The Kier molecular flexibility index (Phi) is 7.12. The summed E-state index contributed by atoms with van der Waals surface area (Å²) in [6.45, 7) is 0.0943. The van der Waals surface area contributed by atoms with Crippen LogP contribution >= 0.6 is 58.0 Å². The number of carbonyl (C=O) groups is 2. The molecule has 2 atom stereocenters. The number of hydrazine groups is 1. The highest BCUT2D eigenvalue weighted by Gasteiger charge is 2.76. The summed E-state index contributed by atoms with van der Waals surface area (Å²) in [4.78, 5) is 32.7. The maximum Gasteiger partial charge on any atom is 0.271 e. The maximum absolute atomic E-state index is 12.6. The summed E-state index contributed by atoms with van der Waals surface area (Å²) in [6, 6.07) is 11.4. The third-order valence-corrected chi connectivity index (χ3v) is 7.40. The van der Waals surface area contributed by atoms with Crippen molar-refractivity contribution in [1.82, 2.24) is 15.4 Å². The molecule has 1 heterocycles. The number of alkyl halides is 2. The first kappa shape index (κ1) is 24.8. The van der Waals surface area contributed by atoms with Crippen molar-refractivity contribution in [1.29, 1.82) is 0 Å². The molecule has 3 N–H and O–H groups in total. The van der Waals surface area contributed by atoms with Gasteiger partial charge in [0.05, 0.1) is 16.0 Å². The number of aldehydes is 1. The summed E-state index contributed by atoms with van der Waals surface area (Å²) in [5.74, 6) is -0.821. The molecule has 1 aliphatic rings. The molecule has 176 valence electrons. The molecule has 1 saturated carbocycles. The fourth-order valence-electron chi connectivity index (χ4n) is 3.73. The van der Waals surface area contributed by atoms with Crippen molar-refractivity contribution in [2.24, 2.45) is 5.41 Å². The van der Waals surface area contributed by atoms with Gasteiger partial charge in [-0.1, -0.05) is 58.0 Å². The Morgan fingerprint density at radius 2 is 1.71 bits per heavy atom. The molecule has 1 aromatic heterocycles. The van der Waals surface area contributed by atoms with E-state index in [-0.39, 0.29) is 23.1 Å². The molecular formula is C22H16Cl5N5O2. The van der Waals surface area contributed by atoms with Crippen LogP contribution in [0.2, 0.25) is 15.1 Å². The molecule has 1 amide bonds. The maximum atomic E-state index is 12.6. The Labute approximate surface area is 220 Å². The van der Waals surface area contributed by atoms with Gasteiger partial charge in [0, 0.05) is 40.6 Å². The molecule has 0 spiro atoms. The van der Waals surface area contributed by atoms with Crippen LogP contribution < -0.4 is 16.2 Å². The van der Waals surface area contributed by atoms with Crippen LogP contribution in [0.15, 0.2) is 54.9 Å². The molecule has 0 bridgehead atoms. The molecule has 34 heavy (non-hydrogen) atoms. The number of amides is 1. The van der Waals surface area contributed by atoms with Crippen molar-refractivity contribution in [3.05, 3.63) is 81.1 Å². The Balaban J connectivity index is 1.49. The fourth-order valence-corrected chi connectivity index (χ4v) is 5.45. The van der Waals surface area contributed by atoms with E-state index in [9.17, 15) is 9.59 Å². The van der Waals surface area contributed by atoms with E-state index in [1.165, 1.54) is 12.4 Å². The minimum absolute atomic E-state index is 0.0943. The Morgan fingerprint density at radius 1 is 1.03 bits per heavy atom. The number of anilines is 2. The van der Waals surface area contributed by atoms with Gasteiger partial charge in [-0.05, 0) is 48.0 Å². The van der Waals surface area contributed by atoms with Gasteiger partial charge in [-0.25, -0.2) is 9.97 Å². The molecule has 4 rings (SSSR count). The zero-order valence-electron chi connectivity index (χ0n) is 17.2. The van der Waals surface area contributed by atoms with Crippen LogP contribution in [-0.2, 0) is 4.79 Å². The number of nitrogens with one attached hydrogen (secondary N) is 3. The average Bonchev–Trinajstić information content (AvgIpc) is 3.31. The monoisotopic (exact) mass is 557 g/mol. The molecule has 1 fully saturated rings. The van der Waals surface area contributed by atoms with Crippen molar-refractivity contribution in [2.45, 2.75) is 10.3 Å². The van der Waals surface area contributed by atoms with Crippen LogP contribution in [0, 0.1) is 5.41 Å². The van der Waals surface area contributed by atoms with Crippen LogP contribution in [0.5, 0.6) is 0 Å². The summed E-state index contributed by atoms with van der Waals surface area (Å²) in [7, 11) is 0. The number of hydrogen-bond donors (Lipinski definition) is 3. The van der Waals surface area contributed by atoms with Crippen molar-refractivity contribution >= 4 is 81.8 Å². The van der Waals surface area contributed by atoms with Crippen molar-refractivity contribution in [3.8, 4) is 0 Å². The SMILES string of the molecule is O=CC1(CNc2ccc(Cl)c(C(=O)NNc3ncccn3)c2)C(c2cc(Cl)cc(Cl)c2)C1(Cl)Cl. The largest absolute Gasteiger partial charge is 0.384 e. The number of hydrogen-bond acceptors (Lipinski definition) is 6. The van der Waals surface area contributed by atoms with E-state index in [0.29, 0.717) is 21.3 Å². The summed E-state index contributed by atoms with van der Waals surface area (Å²) in [5.41, 5.74) is 5.32. The quantitative estimate of drug-likeness (QED) is 0.185. The predicted octanol–water partition coefficient (Wildman–Crippen LogP) is 5.76. The average molecular weight is 560 g/mol. The molecule has 2 aromatic carbocycles. The van der Waals surface area contributed by atoms with Gasteiger partial charge >= 0.3 is 0 Å². The number of halogens is 5. The zero-order chi connectivity index (χ0) is 24.5. The lowest BCUT2D eigenvalue weighted by atomic mass is 10.00. The highest BCUT2D eigenvalue weighted by molar-refractivity contribution is 6.54. The number of aromatic nitrogens is 2. The molecule has 0 aliphatic heterocycles. The highest BCUT2D eigenvalue weighted by Crippen LogP contribution is 2.73. The third-order valence-electron chi connectivity index (χ3n) is 5.49. The molecule has 7 nitrogen and oxygen atoms in total. The van der Waals surface area contributed by atoms with E-state index in [4.69, 9.17) is 58.0 Å². The minimum Gasteiger partial charge on any atom is -0.384 e. The highest BCUT2D eigenvalue weighted by atomic mass is 35.5. The second-order valence-electron chi connectivity index (χ2n) is 7.62. The first-order chi connectivity index (χ1) is 16.2. The van der Waals surface area contributed by atoms with Crippen LogP contribution in [0.25, 0.3) is 0 Å². The molecule has 12 heteroatoms. The van der Waals surface area contributed by atoms with Crippen LogP contribution in [0.4, 0.5) is 11.6 Å². The fraction of sp³-hybridized carbons (Fsp3) is 0.182.